The van der Waals surface area contributed by atoms with Crippen LogP contribution in [0.3, 0.4) is 0 Å². The molecule has 0 saturated carbocycles. The third-order valence-electron chi connectivity index (χ3n) is 4.06. The number of methoxy groups -OCH3 is 1. The van der Waals surface area contributed by atoms with Crippen LogP contribution >= 0.6 is 0 Å². The molecule has 0 saturated heterocycles. The lowest BCUT2D eigenvalue weighted by atomic mass is 10.1. The first kappa shape index (κ1) is 18.4. The van der Waals surface area contributed by atoms with E-state index in [1.165, 1.54) is 5.56 Å². The number of ether oxygens (including phenoxy) is 1. The molecule has 0 aliphatic carbocycles. The molecule has 2 N–H and O–H groups in total. The number of hydrogen-bond donors (Lipinski definition) is 2. The Labute approximate surface area is 158 Å². The van der Waals surface area contributed by atoms with Crippen molar-refractivity contribution in [3.8, 4) is 5.75 Å². The van der Waals surface area contributed by atoms with E-state index in [0.717, 1.165) is 11.1 Å². The molecule has 0 fully saturated rings. The minimum atomic E-state index is -0.336. The maximum Gasteiger partial charge on any atom is 0.276 e. The fourth-order valence-corrected chi connectivity index (χ4v) is 2.67. The molecule has 0 aliphatic rings. The molecule has 27 heavy (non-hydrogen) atoms. The Kier molecular flexibility index (Phi) is 5.66. The molecule has 0 atom stereocenters. The second-order valence-electron chi connectivity index (χ2n) is 6.30. The van der Waals surface area contributed by atoms with Crippen molar-refractivity contribution in [1.82, 2.24) is 10.2 Å². The summed E-state index contributed by atoms with van der Waals surface area (Å²) in [6, 6.07) is 17.2. The number of nitrogens with zero attached hydrogens (tertiary/aromatic N) is 2. The van der Waals surface area contributed by atoms with Crippen molar-refractivity contribution < 1.29 is 9.53 Å². The van der Waals surface area contributed by atoms with Crippen LogP contribution in [0.4, 0.5) is 11.5 Å². The topological polar surface area (TPSA) is 76.1 Å². The maximum atomic E-state index is 12.4. The van der Waals surface area contributed by atoms with Gasteiger partial charge in [-0.2, -0.15) is 0 Å². The van der Waals surface area contributed by atoms with Gasteiger partial charge < -0.3 is 15.4 Å². The van der Waals surface area contributed by atoms with E-state index in [2.05, 4.69) is 39.9 Å². The zero-order valence-corrected chi connectivity index (χ0v) is 15.6. The molecule has 1 heterocycles. The van der Waals surface area contributed by atoms with Gasteiger partial charge in [0.25, 0.3) is 5.91 Å². The number of benzene rings is 2. The van der Waals surface area contributed by atoms with Gasteiger partial charge in [0.2, 0.25) is 0 Å². The Balaban J connectivity index is 1.64. The summed E-state index contributed by atoms with van der Waals surface area (Å²) < 4.78 is 5.28. The average Bonchev–Trinajstić information content (AvgIpc) is 2.67. The molecular formula is C21H22N4O2. The number of carbonyl (C=O) groups excluding carboxylic acids is 1. The van der Waals surface area contributed by atoms with Crippen molar-refractivity contribution in [2.75, 3.05) is 17.7 Å². The Morgan fingerprint density at radius 3 is 2.52 bits per heavy atom. The number of aromatic nitrogens is 2. The number of hydrogen-bond acceptors (Lipinski definition) is 5. The summed E-state index contributed by atoms with van der Waals surface area (Å²) in [7, 11) is 1.56. The van der Waals surface area contributed by atoms with Crippen LogP contribution in [0.2, 0.25) is 0 Å². The number of aryl methyl sites for hydroxylation is 2. The van der Waals surface area contributed by atoms with Gasteiger partial charge in [0, 0.05) is 6.54 Å². The number of anilines is 2. The summed E-state index contributed by atoms with van der Waals surface area (Å²) in [5, 5.41) is 14.1. The van der Waals surface area contributed by atoms with Gasteiger partial charge in [-0.05, 0) is 49.2 Å². The fourth-order valence-electron chi connectivity index (χ4n) is 2.67. The number of rotatable bonds is 6. The molecule has 6 nitrogen and oxygen atoms in total. The van der Waals surface area contributed by atoms with Crippen LogP contribution in [0.1, 0.15) is 27.2 Å². The van der Waals surface area contributed by atoms with E-state index in [-0.39, 0.29) is 11.6 Å². The van der Waals surface area contributed by atoms with E-state index >= 15 is 0 Å². The quantitative estimate of drug-likeness (QED) is 0.694. The Bertz CT molecular complexity index is 939. The van der Waals surface area contributed by atoms with Crippen LogP contribution in [0, 0.1) is 13.8 Å². The number of carbonyl (C=O) groups is 1. The largest absolute Gasteiger partial charge is 0.495 e. The lowest BCUT2D eigenvalue weighted by molar-refractivity contribution is 0.102. The summed E-state index contributed by atoms with van der Waals surface area (Å²) in [6.07, 6.45) is 0. The minimum Gasteiger partial charge on any atom is -0.495 e. The van der Waals surface area contributed by atoms with Crippen molar-refractivity contribution in [2.24, 2.45) is 0 Å². The van der Waals surface area contributed by atoms with E-state index in [9.17, 15) is 4.79 Å². The zero-order chi connectivity index (χ0) is 19.2. The Morgan fingerprint density at radius 1 is 1.00 bits per heavy atom. The van der Waals surface area contributed by atoms with E-state index in [1.54, 1.807) is 19.2 Å². The van der Waals surface area contributed by atoms with E-state index in [4.69, 9.17) is 4.74 Å². The molecule has 138 valence electrons. The summed E-state index contributed by atoms with van der Waals surface area (Å²) in [5.74, 6) is 0.871. The molecule has 0 unspecified atom stereocenters. The standard InChI is InChI=1S/C21H22N4O2/c1-14-5-4-6-16(11-14)13-22-20-10-8-17(24-25-20)21(26)23-18-12-15(2)7-9-19(18)27-3/h4-12H,13H2,1-3H3,(H,22,25)(H,23,26). The highest BCUT2D eigenvalue weighted by Gasteiger charge is 2.12. The first-order chi connectivity index (χ1) is 13.0. The molecule has 6 heteroatoms. The van der Waals surface area contributed by atoms with Crippen LogP contribution in [0.15, 0.2) is 54.6 Å². The monoisotopic (exact) mass is 362 g/mol. The van der Waals surface area contributed by atoms with Gasteiger partial charge >= 0.3 is 0 Å². The maximum absolute atomic E-state index is 12.4. The molecule has 3 aromatic rings. The van der Waals surface area contributed by atoms with E-state index in [1.807, 2.05) is 37.3 Å². The Hall–Kier alpha value is -3.41. The van der Waals surface area contributed by atoms with Crippen molar-refractivity contribution in [3.05, 3.63) is 77.0 Å². The van der Waals surface area contributed by atoms with Gasteiger partial charge in [-0.15, -0.1) is 10.2 Å². The van der Waals surface area contributed by atoms with Gasteiger partial charge in [0.15, 0.2) is 5.69 Å². The lowest BCUT2D eigenvalue weighted by Gasteiger charge is -2.11. The normalized spacial score (nSPS) is 10.3. The molecule has 1 aromatic heterocycles. The molecule has 0 aliphatic heterocycles. The van der Waals surface area contributed by atoms with Crippen molar-refractivity contribution >= 4 is 17.4 Å². The summed E-state index contributed by atoms with van der Waals surface area (Å²) in [6.45, 7) is 4.64. The third kappa shape index (κ3) is 4.82. The van der Waals surface area contributed by atoms with Crippen molar-refractivity contribution in [1.29, 1.82) is 0 Å². The smallest absolute Gasteiger partial charge is 0.276 e. The third-order valence-corrected chi connectivity index (χ3v) is 4.06. The van der Waals surface area contributed by atoms with Crippen LogP contribution in [-0.4, -0.2) is 23.2 Å². The zero-order valence-electron chi connectivity index (χ0n) is 15.6. The van der Waals surface area contributed by atoms with Gasteiger partial charge in [0.05, 0.1) is 12.8 Å². The Morgan fingerprint density at radius 2 is 1.81 bits per heavy atom. The van der Waals surface area contributed by atoms with Gasteiger partial charge in [0.1, 0.15) is 11.6 Å². The van der Waals surface area contributed by atoms with Gasteiger partial charge in [-0.3, -0.25) is 4.79 Å². The second-order valence-corrected chi connectivity index (χ2v) is 6.30. The first-order valence-electron chi connectivity index (χ1n) is 8.64. The lowest BCUT2D eigenvalue weighted by Crippen LogP contribution is -2.15. The predicted octanol–water partition coefficient (Wildman–Crippen LogP) is 3.97. The van der Waals surface area contributed by atoms with Crippen LogP contribution < -0.4 is 15.4 Å². The highest BCUT2D eigenvalue weighted by atomic mass is 16.5. The van der Waals surface area contributed by atoms with E-state index < -0.39 is 0 Å². The van der Waals surface area contributed by atoms with E-state index in [0.29, 0.717) is 23.8 Å². The predicted molar refractivity (Wildman–Crippen MR) is 106 cm³/mol. The van der Waals surface area contributed by atoms with Gasteiger partial charge in [-0.1, -0.05) is 35.9 Å². The molecule has 0 radical (unpaired) electrons. The highest BCUT2D eigenvalue weighted by Crippen LogP contribution is 2.25. The second kappa shape index (κ2) is 8.31. The van der Waals surface area contributed by atoms with Crippen molar-refractivity contribution in [2.45, 2.75) is 20.4 Å². The molecular weight excluding hydrogens is 340 g/mol. The minimum absolute atomic E-state index is 0.236. The summed E-state index contributed by atoms with van der Waals surface area (Å²) in [4.78, 5) is 12.4. The van der Waals surface area contributed by atoms with Gasteiger partial charge in [-0.25, -0.2) is 0 Å². The van der Waals surface area contributed by atoms with Crippen molar-refractivity contribution in [3.63, 3.8) is 0 Å². The SMILES string of the molecule is COc1ccc(C)cc1NC(=O)c1ccc(NCc2cccc(C)c2)nn1. The molecule has 0 bridgehead atoms. The summed E-state index contributed by atoms with van der Waals surface area (Å²) in [5.41, 5.74) is 4.22. The fraction of sp³-hybridized carbons (Fsp3) is 0.190. The number of amides is 1. The summed E-state index contributed by atoms with van der Waals surface area (Å²) >= 11 is 0. The molecule has 2 aromatic carbocycles. The van der Waals surface area contributed by atoms with Crippen LogP contribution in [-0.2, 0) is 6.54 Å². The van der Waals surface area contributed by atoms with Crippen LogP contribution in [0.5, 0.6) is 5.75 Å². The van der Waals surface area contributed by atoms with Crippen LogP contribution in [0.25, 0.3) is 0 Å². The molecule has 0 spiro atoms. The molecule has 1 amide bonds. The molecule has 3 rings (SSSR count). The number of nitrogens with one attached hydrogen (secondary N) is 2. The average molecular weight is 362 g/mol. The first-order valence-corrected chi connectivity index (χ1v) is 8.64. The highest BCUT2D eigenvalue weighted by molar-refractivity contribution is 6.03.